The Kier molecular flexibility index (Phi) is 25.2. The van der Waals surface area contributed by atoms with E-state index in [-0.39, 0.29) is 0 Å². The highest BCUT2D eigenvalue weighted by atomic mass is 31.2. The van der Waals surface area contributed by atoms with E-state index in [0.717, 1.165) is 6.04 Å². The molecule has 0 bridgehead atoms. The van der Waals surface area contributed by atoms with Crippen molar-refractivity contribution in [3.8, 4) is 0 Å². The zero-order valence-corrected chi connectivity index (χ0v) is 27.0. The number of rotatable bonds is 28. The summed E-state index contributed by atoms with van der Waals surface area (Å²) in [6.45, 7) is 6.96. The molecule has 5 heteroatoms. The molecule has 0 atom stereocenters. The quantitative estimate of drug-likeness (QED) is 0.0568. The first-order chi connectivity index (χ1) is 17.1. The number of hydrogen-bond acceptors (Lipinski definition) is 3. The Hall–Kier alpha value is 0.527. The van der Waals surface area contributed by atoms with E-state index in [1.54, 1.807) is 21.3 Å². The molecule has 0 N–H and O–H groups in total. The second kappa shape index (κ2) is 24.8. The van der Waals surface area contributed by atoms with Gasteiger partial charge in [-0.3, -0.25) is 0 Å². The molecule has 0 spiro atoms. The SMILES string of the molecule is CCCCCCCC[P+](CCCCCCCC)(CCCCCCCC)CCC[Si](OC)(OC)OC. The van der Waals surface area contributed by atoms with Gasteiger partial charge in [-0.15, -0.1) is 0 Å². The maximum absolute atomic E-state index is 5.77. The minimum Gasteiger partial charge on any atom is -0.377 e. The van der Waals surface area contributed by atoms with Gasteiger partial charge >= 0.3 is 8.80 Å². The van der Waals surface area contributed by atoms with E-state index in [1.807, 2.05) is 0 Å². The maximum atomic E-state index is 5.77. The summed E-state index contributed by atoms with van der Waals surface area (Å²) in [7, 11) is 1.92. The van der Waals surface area contributed by atoms with Crippen LogP contribution in [0.25, 0.3) is 0 Å². The first-order valence-electron chi connectivity index (χ1n) is 15.6. The maximum Gasteiger partial charge on any atom is 0.500 e. The van der Waals surface area contributed by atoms with Crippen LogP contribution in [0.5, 0.6) is 0 Å². The molecule has 0 rings (SSSR count). The monoisotopic (exact) mass is 533 g/mol. The molecule has 0 saturated heterocycles. The highest BCUT2D eigenvalue weighted by molar-refractivity contribution is 7.75. The molecule has 212 valence electrons. The lowest BCUT2D eigenvalue weighted by Crippen LogP contribution is -2.42. The van der Waals surface area contributed by atoms with Gasteiger partial charge in [0.2, 0.25) is 0 Å². The molecule has 0 radical (unpaired) electrons. The third-order valence-electron chi connectivity index (χ3n) is 8.01. The first-order valence-corrected chi connectivity index (χ1v) is 20.0. The highest BCUT2D eigenvalue weighted by Crippen LogP contribution is 2.61. The second-order valence-corrected chi connectivity index (χ2v) is 18.5. The summed E-state index contributed by atoms with van der Waals surface area (Å²) in [5.74, 6) is 0. The van der Waals surface area contributed by atoms with E-state index in [4.69, 9.17) is 13.3 Å². The van der Waals surface area contributed by atoms with Gasteiger partial charge in [0.05, 0.1) is 24.6 Å². The Morgan fingerprint density at radius 3 is 1.00 bits per heavy atom. The second-order valence-electron chi connectivity index (χ2n) is 10.9. The lowest BCUT2D eigenvalue weighted by Gasteiger charge is -2.30. The first kappa shape index (κ1) is 35.5. The predicted octanol–water partition coefficient (Wildman–Crippen LogP) is 10.4. The van der Waals surface area contributed by atoms with Gasteiger partial charge in [-0.1, -0.05) is 97.8 Å². The molecule has 0 fully saturated rings. The van der Waals surface area contributed by atoms with Gasteiger partial charge in [0.1, 0.15) is 0 Å². The van der Waals surface area contributed by atoms with Crippen molar-refractivity contribution < 1.29 is 13.3 Å². The average molecular weight is 534 g/mol. The lowest BCUT2D eigenvalue weighted by molar-refractivity contribution is 0.123. The fraction of sp³-hybridized carbons (Fsp3) is 1.00. The lowest BCUT2D eigenvalue weighted by atomic mass is 10.1. The van der Waals surface area contributed by atoms with Crippen LogP contribution >= 0.6 is 7.26 Å². The molecule has 3 nitrogen and oxygen atoms in total. The molecule has 0 aromatic carbocycles. The molecule has 0 aliphatic carbocycles. The summed E-state index contributed by atoms with van der Waals surface area (Å²) in [5, 5.41) is 0. The standard InChI is InChI=1S/C30H66O3PSi/c1-7-10-13-16-19-22-26-34(27-23-20-17-14-11-8-2,28-24-21-18-15-12-9-3)29-25-30-35(31-4,32-5)33-6/h7-30H2,1-6H3/q+1. The van der Waals surface area contributed by atoms with Crippen molar-refractivity contribution in [2.24, 2.45) is 0 Å². The van der Waals surface area contributed by atoms with Gasteiger partial charge in [0.15, 0.2) is 0 Å². The molecule has 0 aliphatic rings. The summed E-state index contributed by atoms with van der Waals surface area (Å²) in [6, 6.07) is 0.974. The highest BCUT2D eigenvalue weighted by Gasteiger charge is 2.41. The predicted molar refractivity (Wildman–Crippen MR) is 163 cm³/mol. The largest absolute Gasteiger partial charge is 0.500 e. The van der Waals surface area contributed by atoms with Crippen LogP contribution in [0.2, 0.25) is 6.04 Å². The van der Waals surface area contributed by atoms with Crippen LogP contribution in [0.4, 0.5) is 0 Å². The molecule has 0 aliphatic heterocycles. The third kappa shape index (κ3) is 18.4. The number of unbranched alkanes of at least 4 members (excludes halogenated alkanes) is 15. The zero-order chi connectivity index (χ0) is 26.1. The Morgan fingerprint density at radius 1 is 0.400 bits per heavy atom. The smallest absolute Gasteiger partial charge is 0.377 e. The third-order valence-corrected chi connectivity index (χ3v) is 15.9. The van der Waals surface area contributed by atoms with Gasteiger partial charge < -0.3 is 13.3 Å². The molecular weight excluding hydrogens is 467 g/mol. The summed E-state index contributed by atoms with van der Waals surface area (Å²) in [4.78, 5) is 0. The van der Waals surface area contributed by atoms with Crippen molar-refractivity contribution in [1.29, 1.82) is 0 Å². The van der Waals surface area contributed by atoms with Crippen molar-refractivity contribution in [3.05, 3.63) is 0 Å². The Labute approximate surface area is 223 Å². The molecule has 0 unspecified atom stereocenters. The van der Waals surface area contributed by atoms with E-state index in [0.29, 0.717) is 0 Å². The Bertz CT molecular complexity index is 383. The van der Waals surface area contributed by atoms with Crippen molar-refractivity contribution in [3.63, 3.8) is 0 Å². The van der Waals surface area contributed by atoms with Gasteiger partial charge in [0, 0.05) is 34.6 Å². The van der Waals surface area contributed by atoms with Crippen molar-refractivity contribution >= 4 is 16.1 Å². The molecule has 0 heterocycles. The Balaban J connectivity index is 5.11. The average Bonchev–Trinajstić information content (AvgIpc) is 2.88. The van der Waals surface area contributed by atoms with E-state index in [9.17, 15) is 0 Å². The summed E-state index contributed by atoms with van der Waals surface area (Å²) in [6.07, 6.45) is 32.8. The summed E-state index contributed by atoms with van der Waals surface area (Å²) < 4.78 is 17.3. The molecule has 0 saturated carbocycles. The van der Waals surface area contributed by atoms with Crippen LogP contribution in [-0.2, 0) is 13.3 Å². The summed E-state index contributed by atoms with van der Waals surface area (Å²) in [5.41, 5.74) is 0. The van der Waals surface area contributed by atoms with E-state index >= 15 is 0 Å². The van der Waals surface area contributed by atoms with Gasteiger partial charge in [-0.2, -0.15) is 0 Å². The molecule has 0 aromatic heterocycles. The van der Waals surface area contributed by atoms with Crippen LogP contribution in [-0.4, -0.2) is 54.8 Å². The topological polar surface area (TPSA) is 27.7 Å². The summed E-state index contributed by atoms with van der Waals surface area (Å²) >= 11 is 0. The van der Waals surface area contributed by atoms with Crippen LogP contribution < -0.4 is 0 Å². The van der Waals surface area contributed by atoms with E-state index < -0.39 is 16.1 Å². The molecule has 0 aromatic rings. The molecular formula is C30H66O3PSi+. The fourth-order valence-corrected chi connectivity index (χ4v) is 12.4. The van der Waals surface area contributed by atoms with Gasteiger partial charge in [0.25, 0.3) is 0 Å². The molecule has 35 heavy (non-hydrogen) atoms. The van der Waals surface area contributed by atoms with Crippen molar-refractivity contribution in [2.75, 3.05) is 46.0 Å². The molecule has 0 amide bonds. The Morgan fingerprint density at radius 2 is 0.686 bits per heavy atom. The number of hydrogen-bond donors (Lipinski definition) is 0. The van der Waals surface area contributed by atoms with E-state index in [1.165, 1.54) is 147 Å². The minimum atomic E-state index is -2.46. The van der Waals surface area contributed by atoms with Crippen LogP contribution in [0, 0.1) is 0 Å². The van der Waals surface area contributed by atoms with Crippen LogP contribution in [0.1, 0.15) is 143 Å². The van der Waals surface area contributed by atoms with Gasteiger partial charge in [-0.25, -0.2) is 0 Å². The van der Waals surface area contributed by atoms with E-state index in [2.05, 4.69) is 20.8 Å². The normalized spacial score (nSPS) is 12.5. The van der Waals surface area contributed by atoms with Crippen molar-refractivity contribution in [1.82, 2.24) is 0 Å². The van der Waals surface area contributed by atoms with Crippen LogP contribution in [0.3, 0.4) is 0 Å². The van der Waals surface area contributed by atoms with Crippen molar-refractivity contribution in [2.45, 2.75) is 149 Å². The van der Waals surface area contributed by atoms with Gasteiger partial charge in [-0.05, 0) is 44.9 Å². The van der Waals surface area contributed by atoms with Crippen LogP contribution in [0.15, 0.2) is 0 Å². The fourth-order valence-electron chi connectivity index (χ4n) is 5.54. The zero-order valence-electron chi connectivity index (χ0n) is 25.1. The minimum absolute atomic E-state index is 0.925.